The van der Waals surface area contributed by atoms with Gasteiger partial charge in [0.2, 0.25) is 0 Å². The van der Waals surface area contributed by atoms with E-state index in [1.54, 1.807) is 7.11 Å². The van der Waals surface area contributed by atoms with Crippen LogP contribution in [0.15, 0.2) is 47.5 Å². The van der Waals surface area contributed by atoms with Gasteiger partial charge in [0.1, 0.15) is 5.75 Å². The van der Waals surface area contributed by atoms with E-state index >= 15 is 0 Å². The number of benzene rings is 2. The zero-order valence-corrected chi connectivity index (χ0v) is 13.4. The Labute approximate surface area is 132 Å². The van der Waals surface area contributed by atoms with E-state index in [1.807, 2.05) is 24.3 Å². The number of ether oxygens (including phenoxy) is 1. The summed E-state index contributed by atoms with van der Waals surface area (Å²) in [6, 6.07) is 14.1. The first-order valence-electron chi connectivity index (χ1n) is 7.35. The fourth-order valence-electron chi connectivity index (χ4n) is 2.38. The van der Waals surface area contributed by atoms with E-state index in [9.17, 15) is 0 Å². The van der Waals surface area contributed by atoms with Gasteiger partial charge in [-0.15, -0.1) is 0 Å². The third kappa shape index (κ3) is 4.81. The van der Waals surface area contributed by atoms with Crippen LogP contribution in [0.4, 0.5) is 5.69 Å². The van der Waals surface area contributed by atoms with E-state index in [0.29, 0.717) is 12.5 Å². The molecular weight excluding hydrogens is 274 g/mol. The van der Waals surface area contributed by atoms with Crippen LogP contribution in [0.25, 0.3) is 0 Å². The van der Waals surface area contributed by atoms with E-state index < -0.39 is 0 Å². The summed E-state index contributed by atoms with van der Waals surface area (Å²) in [5.41, 5.74) is 10.7. The van der Waals surface area contributed by atoms with Gasteiger partial charge in [-0.25, -0.2) is 0 Å². The van der Waals surface area contributed by atoms with Crippen LogP contribution in [0.1, 0.15) is 16.7 Å². The normalized spacial score (nSPS) is 11.3. The number of nitrogens with zero attached hydrogens (tertiary/aromatic N) is 1. The highest BCUT2D eigenvalue weighted by atomic mass is 16.5. The van der Waals surface area contributed by atoms with Gasteiger partial charge in [-0.2, -0.15) is 0 Å². The number of hydrogen-bond donors (Lipinski definition) is 2. The van der Waals surface area contributed by atoms with E-state index in [0.717, 1.165) is 17.9 Å². The van der Waals surface area contributed by atoms with E-state index in [-0.39, 0.29) is 0 Å². The molecule has 0 heterocycles. The summed E-state index contributed by atoms with van der Waals surface area (Å²) in [5.74, 6) is 1.24. The lowest BCUT2D eigenvalue weighted by Gasteiger charge is -2.07. The highest BCUT2D eigenvalue weighted by Crippen LogP contribution is 2.14. The van der Waals surface area contributed by atoms with Crippen LogP contribution in [0.5, 0.6) is 5.75 Å². The van der Waals surface area contributed by atoms with E-state index in [4.69, 9.17) is 10.5 Å². The van der Waals surface area contributed by atoms with Gasteiger partial charge in [0.25, 0.3) is 0 Å². The summed E-state index contributed by atoms with van der Waals surface area (Å²) >= 11 is 0. The number of hydrogen-bond acceptors (Lipinski definition) is 2. The molecule has 0 saturated heterocycles. The summed E-state index contributed by atoms with van der Waals surface area (Å²) < 4.78 is 5.12. The molecule has 116 valence electrons. The van der Waals surface area contributed by atoms with Gasteiger partial charge < -0.3 is 15.8 Å². The maximum atomic E-state index is 5.91. The van der Waals surface area contributed by atoms with Gasteiger partial charge >= 0.3 is 0 Å². The van der Waals surface area contributed by atoms with Crippen molar-refractivity contribution in [3.63, 3.8) is 0 Å². The maximum Gasteiger partial charge on any atom is 0.193 e. The minimum Gasteiger partial charge on any atom is -0.497 e. The maximum absolute atomic E-state index is 5.91. The molecule has 0 bridgehead atoms. The molecule has 2 aromatic rings. The quantitative estimate of drug-likeness (QED) is 0.657. The van der Waals surface area contributed by atoms with Crippen molar-refractivity contribution in [3.05, 3.63) is 59.2 Å². The molecule has 22 heavy (non-hydrogen) atoms. The van der Waals surface area contributed by atoms with Gasteiger partial charge in [0, 0.05) is 12.2 Å². The summed E-state index contributed by atoms with van der Waals surface area (Å²) in [6.45, 7) is 4.89. The standard InChI is InChI=1S/C18H23N3O/c1-13-10-14(2)12-15(11-13)8-9-20-18(19)21-16-4-6-17(22-3)7-5-16/h4-7,10-12H,8-9H2,1-3H3,(H3,19,20,21). The number of guanidine groups is 1. The number of aliphatic imine (C=N–C) groups is 1. The lowest BCUT2D eigenvalue weighted by Crippen LogP contribution is -2.23. The Kier molecular flexibility index (Phi) is 5.42. The van der Waals surface area contributed by atoms with Crippen LogP contribution >= 0.6 is 0 Å². The first kappa shape index (κ1) is 15.9. The molecule has 4 nitrogen and oxygen atoms in total. The minimum atomic E-state index is 0.426. The average Bonchev–Trinajstić information content (AvgIpc) is 2.47. The molecule has 3 N–H and O–H groups in total. The molecule has 0 fully saturated rings. The van der Waals surface area contributed by atoms with Crippen molar-refractivity contribution in [1.82, 2.24) is 0 Å². The highest BCUT2D eigenvalue weighted by Gasteiger charge is 1.98. The van der Waals surface area contributed by atoms with Gasteiger partial charge in [0.05, 0.1) is 7.11 Å². The Morgan fingerprint density at radius 1 is 1.09 bits per heavy atom. The SMILES string of the molecule is COc1ccc(NC(N)=NCCc2cc(C)cc(C)c2)cc1. The highest BCUT2D eigenvalue weighted by molar-refractivity contribution is 5.92. The van der Waals surface area contributed by atoms with Crippen molar-refractivity contribution in [3.8, 4) is 5.75 Å². The number of anilines is 1. The second-order valence-electron chi connectivity index (χ2n) is 5.37. The van der Waals surface area contributed by atoms with Crippen molar-refractivity contribution in [1.29, 1.82) is 0 Å². The summed E-state index contributed by atoms with van der Waals surface area (Å²) in [6.07, 6.45) is 0.882. The zero-order chi connectivity index (χ0) is 15.9. The van der Waals surface area contributed by atoms with Gasteiger partial charge in [-0.3, -0.25) is 4.99 Å². The lowest BCUT2D eigenvalue weighted by molar-refractivity contribution is 0.415. The molecule has 0 spiro atoms. The van der Waals surface area contributed by atoms with Crippen LogP contribution in [0, 0.1) is 13.8 Å². The molecule has 0 saturated carbocycles. The number of aryl methyl sites for hydroxylation is 2. The molecule has 0 aliphatic heterocycles. The second-order valence-corrected chi connectivity index (χ2v) is 5.37. The molecule has 0 aromatic heterocycles. The number of nitrogens with two attached hydrogens (primary N) is 1. The molecule has 0 unspecified atom stereocenters. The Hall–Kier alpha value is -2.49. The largest absolute Gasteiger partial charge is 0.497 e. The van der Waals surface area contributed by atoms with E-state index in [1.165, 1.54) is 16.7 Å². The Balaban J connectivity index is 1.89. The molecule has 0 amide bonds. The predicted octanol–water partition coefficient (Wildman–Crippen LogP) is 3.28. The molecule has 0 atom stereocenters. The smallest absolute Gasteiger partial charge is 0.193 e. The van der Waals surface area contributed by atoms with Crippen LogP contribution in [0.3, 0.4) is 0 Å². The molecule has 4 heteroatoms. The fourth-order valence-corrected chi connectivity index (χ4v) is 2.38. The van der Waals surface area contributed by atoms with Crippen molar-refractivity contribution in [2.24, 2.45) is 10.7 Å². The monoisotopic (exact) mass is 297 g/mol. The third-order valence-corrected chi connectivity index (χ3v) is 3.33. The molecule has 2 rings (SSSR count). The Bertz CT molecular complexity index is 628. The topological polar surface area (TPSA) is 59.6 Å². The lowest BCUT2D eigenvalue weighted by atomic mass is 10.1. The summed E-state index contributed by atoms with van der Waals surface area (Å²) in [7, 11) is 1.64. The Morgan fingerprint density at radius 3 is 2.32 bits per heavy atom. The predicted molar refractivity (Wildman–Crippen MR) is 92.7 cm³/mol. The van der Waals surface area contributed by atoms with Gasteiger partial charge in [-0.05, 0) is 50.1 Å². The van der Waals surface area contributed by atoms with Crippen molar-refractivity contribution in [2.45, 2.75) is 20.3 Å². The molecule has 2 aromatic carbocycles. The second kappa shape index (κ2) is 7.50. The fraction of sp³-hybridized carbons (Fsp3) is 0.278. The average molecular weight is 297 g/mol. The first-order chi connectivity index (χ1) is 10.6. The van der Waals surface area contributed by atoms with Crippen molar-refractivity contribution in [2.75, 3.05) is 19.0 Å². The summed E-state index contributed by atoms with van der Waals surface area (Å²) in [4.78, 5) is 4.37. The molecule has 0 aliphatic carbocycles. The van der Waals surface area contributed by atoms with Crippen molar-refractivity contribution < 1.29 is 4.74 Å². The van der Waals surface area contributed by atoms with Gasteiger partial charge in [-0.1, -0.05) is 29.3 Å². The zero-order valence-electron chi connectivity index (χ0n) is 13.4. The molecule has 0 aliphatic rings. The van der Waals surface area contributed by atoms with Crippen LogP contribution < -0.4 is 15.8 Å². The minimum absolute atomic E-state index is 0.426. The van der Waals surface area contributed by atoms with Crippen LogP contribution in [-0.4, -0.2) is 19.6 Å². The van der Waals surface area contributed by atoms with Crippen LogP contribution in [0.2, 0.25) is 0 Å². The van der Waals surface area contributed by atoms with Crippen LogP contribution in [-0.2, 0) is 6.42 Å². The number of nitrogens with one attached hydrogen (secondary N) is 1. The Morgan fingerprint density at radius 2 is 1.73 bits per heavy atom. The van der Waals surface area contributed by atoms with E-state index in [2.05, 4.69) is 42.4 Å². The van der Waals surface area contributed by atoms with Gasteiger partial charge in [0.15, 0.2) is 5.96 Å². The number of methoxy groups -OCH3 is 1. The molecule has 0 radical (unpaired) electrons. The molecular formula is C18H23N3O. The first-order valence-corrected chi connectivity index (χ1v) is 7.35. The van der Waals surface area contributed by atoms with Crippen molar-refractivity contribution >= 4 is 11.6 Å². The number of rotatable bonds is 5. The third-order valence-electron chi connectivity index (χ3n) is 3.33. The summed E-state index contributed by atoms with van der Waals surface area (Å²) in [5, 5.41) is 3.07.